The minimum absolute atomic E-state index is 0.285. The van der Waals surface area contributed by atoms with Crippen molar-refractivity contribution in [3.05, 3.63) is 12.3 Å². The van der Waals surface area contributed by atoms with Crippen LogP contribution in [0.5, 0.6) is 0 Å². The zero-order valence-corrected chi connectivity index (χ0v) is 5.44. The Labute approximate surface area is 50.2 Å². The highest BCUT2D eigenvalue weighted by atomic mass is 16.3. The molecule has 2 heteroatoms. The Morgan fingerprint density at radius 3 is 2.50 bits per heavy atom. The zero-order valence-electron chi connectivity index (χ0n) is 5.44. The van der Waals surface area contributed by atoms with Gasteiger partial charge in [0.1, 0.15) is 0 Å². The van der Waals surface area contributed by atoms with Crippen LogP contribution in [0.1, 0.15) is 13.8 Å². The van der Waals surface area contributed by atoms with Gasteiger partial charge >= 0.3 is 0 Å². The maximum atomic E-state index is 8.70. The molecule has 0 rings (SSSR count). The number of hydrogen-bond donors (Lipinski definition) is 2. The summed E-state index contributed by atoms with van der Waals surface area (Å²) in [6.07, 6.45) is -0.285. The SMILES string of the molecule is C=C(C)NC[C@@H](C)O. The van der Waals surface area contributed by atoms with E-state index in [2.05, 4.69) is 11.9 Å². The second-order valence-electron chi connectivity index (χ2n) is 2.01. The lowest BCUT2D eigenvalue weighted by Gasteiger charge is -2.05. The van der Waals surface area contributed by atoms with Crippen molar-refractivity contribution < 1.29 is 5.11 Å². The van der Waals surface area contributed by atoms with Gasteiger partial charge in [0.2, 0.25) is 0 Å². The van der Waals surface area contributed by atoms with E-state index in [1.165, 1.54) is 0 Å². The van der Waals surface area contributed by atoms with Gasteiger partial charge in [-0.25, -0.2) is 0 Å². The summed E-state index contributed by atoms with van der Waals surface area (Å²) in [5.41, 5.74) is 0.894. The average molecular weight is 115 g/mol. The Kier molecular flexibility index (Phi) is 3.28. The maximum Gasteiger partial charge on any atom is 0.0684 e. The van der Waals surface area contributed by atoms with Crippen LogP contribution in [0, 0.1) is 0 Å². The van der Waals surface area contributed by atoms with E-state index >= 15 is 0 Å². The standard InChI is InChI=1S/C6H13NO/c1-5(2)7-4-6(3)8/h6-8H,1,4H2,2-3H3/t6-/m1/s1. The smallest absolute Gasteiger partial charge is 0.0684 e. The van der Waals surface area contributed by atoms with Gasteiger partial charge in [0, 0.05) is 12.2 Å². The summed E-state index contributed by atoms with van der Waals surface area (Å²) in [4.78, 5) is 0. The number of nitrogens with one attached hydrogen (secondary N) is 1. The molecular weight excluding hydrogens is 102 g/mol. The molecule has 0 heterocycles. The van der Waals surface area contributed by atoms with Gasteiger partial charge in [-0.05, 0) is 13.8 Å². The summed E-state index contributed by atoms with van der Waals surface area (Å²) in [6.45, 7) is 7.79. The van der Waals surface area contributed by atoms with Gasteiger partial charge in [-0.1, -0.05) is 6.58 Å². The van der Waals surface area contributed by atoms with Gasteiger partial charge in [-0.2, -0.15) is 0 Å². The van der Waals surface area contributed by atoms with E-state index in [0.717, 1.165) is 5.70 Å². The normalized spacial score (nSPS) is 12.9. The highest BCUT2D eigenvalue weighted by Gasteiger charge is 1.90. The fourth-order valence-corrected chi connectivity index (χ4v) is 0.322. The first-order chi connectivity index (χ1) is 3.63. The fraction of sp³-hybridized carbons (Fsp3) is 0.667. The summed E-state index contributed by atoms with van der Waals surface area (Å²) >= 11 is 0. The summed E-state index contributed by atoms with van der Waals surface area (Å²) < 4.78 is 0. The highest BCUT2D eigenvalue weighted by Crippen LogP contribution is 1.80. The molecule has 0 bridgehead atoms. The van der Waals surface area contributed by atoms with Gasteiger partial charge in [-0.15, -0.1) is 0 Å². The molecule has 0 aromatic carbocycles. The van der Waals surface area contributed by atoms with E-state index in [1.54, 1.807) is 6.92 Å². The van der Waals surface area contributed by atoms with E-state index in [0.29, 0.717) is 6.54 Å². The van der Waals surface area contributed by atoms with Crippen LogP contribution in [0.4, 0.5) is 0 Å². The van der Waals surface area contributed by atoms with Crippen molar-refractivity contribution in [1.82, 2.24) is 5.32 Å². The molecule has 0 aliphatic heterocycles. The number of rotatable bonds is 3. The van der Waals surface area contributed by atoms with Crippen LogP contribution in [0.2, 0.25) is 0 Å². The summed E-state index contributed by atoms with van der Waals surface area (Å²) in [5.74, 6) is 0. The lowest BCUT2D eigenvalue weighted by molar-refractivity contribution is 0.195. The van der Waals surface area contributed by atoms with Crippen molar-refractivity contribution in [3.8, 4) is 0 Å². The molecule has 0 aliphatic rings. The molecule has 0 aliphatic carbocycles. The van der Waals surface area contributed by atoms with Crippen molar-refractivity contribution in [2.24, 2.45) is 0 Å². The quantitative estimate of drug-likeness (QED) is 0.561. The molecule has 1 atom stereocenters. The molecule has 0 fully saturated rings. The zero-order chi connectivity index (χ0) is 6.57. The van der Waals surface area contributed by atoms with Crippen LogP contribution in [-0.2, 0) is 0 Å². The van der Waals surface area contributed by atoms with Crippen molar-refractivity contribution in [3.63, 3.8) is 0 Å². The lowest BCUT2D eigenvalue weighted by atomic mass is 10.4. The molecule has 0 unspecified atom stereocenters. The molecular formula is C6H13NO. The molecule has 48 valence electrons. The Hall–Kier alpha value is -0.500. The molecule has 2 N–H and O–H groups in total. The molecule has 0 spiro atoms. The molecule has 0 saturated heterocycles. The first-order valence-electron chi connectivity index (χ1n) is 2.70. The lowest BCUT2D eigenvalue weighted by Crippen LogP contribution is -2.21. The van der Waals surface area contributed by atoms with Gasteiger partial charge in [0.15, 0.2) is 0 Å². The molecule has 0 amide bonds. The highest BCUT2D eigenvalue weighted by molar-refractivity contribution is 4.84. The van der Waals surface area contributed by atoms with Crippen LogP contribution >= 0.6 is 0 Å². The van der Waals surface area contributed by atoms with Crippen LogP contribution in [-0.4, -0.2) is 17.8 Å². The van der Waals surface area contributed by atoms with Gasteiger partial charge in [-0.3, -0.25) is 0 Å². The average Bonchev–Trinajstić information content (AvgIpc) is 1.61. The number of aliphatic hydroxyl groups excluding tert-OH is 1. The third-order valence-electron chi connectivity index (χ3n) is 0.699. The Morgan fingerprint density at radius 2 is 2.38 bits per heavy atom. The van der Waals surface area contributed by atoms with Gasteiger partial charge < -0.3 is 10.4 Å². The summed E-state index contributed by atoms with van der Waals surface area (Å²) in [6, 6.07) is 0. The third-order valence-corrected chi connectivity index (χ3v) is 0.699. The molecule has 2 nitrogen and oxygen atoms in total. The number of aliphatic hydroxyl groups is 1. The predicted octanol–water partition coefficient (Wildman–Crippen LogP) is 0.490. The molecule has 0 saturated carbocycles. The number of allylic oxidation sites excluding steroid dienone is 1. The van der Waals surface area contributed by atoms with Crippen LogP contribution in [0.15, 0.2) is 12.3 Å². The van der Waals surface area contributed by atoms with Gasteiger partial charge in [0.25, 0.3) is 0 Å². The van der Waals surface area contributed by atoms with Crippen LogP contribution < -0.4 is 5.32 Å². The van der Waals surface area contributed by atoms with E-state index in [-0.39, 0.29) is 6.10 Å². The molecule has 0 aromatic heterocycles. The van der Waals surface area contributed by atoms with Crippen molar-refractivity contribution in [2.75, 3.05) is 6.54 Å². The van der Waals surface area contributed by atoms with Crippen molar-refractivity contribution >= 4 is 0 Å². The van der Waals surface area contributed by atoms with Crippen molar-refractivity contribution in [1.29, 1.82) is 0 Å². The fourth-order valence-electron chi connectivity index (χ4n) is 0.322. The van der Waals surface area contributed by atoms with Crippen LogP contribution in [0.25, 0.3) is 0 Å². The van der Waals surface area contributed by atoms with Crippen molar-refractivity contribution in [2.45, 2.75) is 20.0 Å². The van der Waals surface area contributed by atoms with Crippen LogP contribution in [0.3, 0.4) is 0 Å². The Morgan fingerprint density at radius 1 is 1.88 bits per heavy atom. The summed E-state index contributed by atoms with van der Waals surface area (Å²) in [7, 11) is 0. The molecule has 0 radical (unpaired) electrons. The first kappa shape index (κ1) is 7.50. The predicted molar refractivity (Wildman–Crippen MR) is 34.5 cm³/mol. The topological polar surface area (TPSA) is 32.3 Å². The second kappa shape index (κ2) is 3.50. The van der Waals surface area contributed by atoms with Gasteiger partial charge in [0.05, 0.1) is 6.10 Å². The Bertz CT molecular complexity index is 78.6. The van der Waals surface area contributed by atoms with E-state index in [1.807, 2.05) is 6.92 Å². The molecule has 0 aromatic rings. The minimum Gasteiger partial charge on any atom is -0.392 e. The second-order valence-corrected chi connectivity index (χ2v) is 2.01. The third kappa shape index (κ3) is 5.50. The Balaban J connectivity index is 3.05. The van der Waals surface area contributed by atoms with E-state index < -0.39 is 0 Å². The first-order valence-corrected chi connectivity index (χ1v) is 2.70. The summed E-state index contributed by atoms with van der Waals surface area (Å²) in [5, 5.41) is 11.6. The van der Waals surface area contributed by atoms with E-state index in [4.69, 9.17) is 5.11 Å². The van der Waals surface area contributed by atoms with E-state index in [9.17, 15) is 0 Å². The monoisotopic (exact) mass is 115 g/mol. The number of hydrogen-bond acceptors (Lipinski definition) is 2. The molecule has 8 heavy (non-hydrogen) atoms. The largest absolute Gasteiger partial charge is 0.392 e. The maximum absolute atomic E-state index is 8.70. The minimum atomic E-state index is -0.285.